The van der Waals surface area contributed by atoms with Gasteiger partial charge >= 0.3 is 0 Å². The highest BCUT2D eigenvalue weighted by atomic mass is 16.5. The largest absolute Gasteiger partial charge is 0.496 e. The van der Waals surface area contributed by atoms with E-state index in [4.69, 9.17) is 9.47 Å². The van der Waals surface area contributed by atoms with Crippen molar-refractivity contribution in [2.24, 2.45) is 0 Å². The first-order valence-electron chi connectivity index (χ1n) is 5.00. The second-order valence-electron chi connectivity index (χ2n) is 3.22. The molecule has 0 spiro atoms. The number of hydrogen-bond donors (Lipinski definition) is 0. The Labute approximate surface area is 94.2 Å². The predicted octanol–water partition coefficient (Wildman–Crippen LogP) is 1.86. The number of rotatable bonds is 6. The lowest BCUT2D eigenvalue weighted by molar-refractivity contribution is -0.113. The molecular weight excluding hydrogens is 208 g/mol. The molecule has 0 aliphatic heterocycles. The van der Waals surface area contributed by atoms with Crippen LogP contribution < -0.4 is 9.47 Å². The number of benzene rings is 1. The van der Waals surface area contributed by atoms with Crippen LogP contribution in [0.3, 0.4) is 0 Å². The van der Waals surface area contributed by atoms with Gasteiger partial charge in [0, 0.05) is 6.07 Å². The summed E-state index contributed by atoms with van der Waals surface area (Å²) in [5.41, 5.74) is 0.453. The molecule has 0 amide bonds. The molecule has 4 heteroatoms. The van der Waals surface area contributed by atoms with Crippen LogP contribution in [0.2, 0.25) is 0 Å². The van der Waals surface area contributed by atoms with E-state index in [9.17, 15) is 9.59 Å². The monoisotopic (exact) mass is 222 g/mol. The molecule has 86 valence electrons. The van der Waals surface area contributed by atoms with Crippen molar-refractivity contribution >= 4 is 12.6 Å². The second-order valence-corrected chi connectivity index (χ2v) is 3.22. The van der Waals surface area contributed by atoms with Gasteiger partial charge in [0.2, 0.25) is 0 Å². The lowest BCUT2D eigenvalue weighted by Crippen LogP contribution is -2.16. The van der Waals surface area contributed by atoms with E-state index in [0.717, 1.165) is 6.29 Å². The van der Waals surface area contributed by atoms with Crippen molar-refractivity contribution in [2.45, 2.75) is 19.4 Å². The van der Waals surface area contributed by atoms with Crippen LogP contribution in [-0.2, 0) is 4.79 Å². The molecule has 0 saturated carbocycles. The summed E-state index contributed by atoms with van der Waals surface area (Å²) in [6, 6.07) is 4.83. The number of ether oxygens (including phenoxy) is 2. The summed E-state index contributed by atoms with van der Waals surface area (Å²) in [5.74, 6) is 0.953. The molecule has 0 N–H and O–H groups in total. The molecule has 1 aromatic rings. The fraction of sp³-hybridized carbons (Fsp3) is 0.333. The highest BCUT2D eigenvalue weighted by molar-refractivity contribution is 5.79. The summed E-state index contributed by atoms with van der Waals surface area (Å²) >= 11 is 0. The van der Waals surface area contributed by atoms with Crippen LogP contribution in [0.25, 0.3) is 0 Å². The molecule has 0 aliphatic carbocycles. The van der Waals surface area contributed by atoms with Crippen LogP contribution >= 0.6 is 0 Å². The number of carbonyl (C=O) groups excluding carboxylic acids is 2. The molecule has 0 saturated heterocycles. The molecular formula is C12H14O4. The molecule has 1 unspecified atom stereocenters. The van der Waals surface area contributed by atoms with E-state index in [1.165, 1.54) is 7.11 Å². The number of aldehydes is 2. The first-order valence-corrected chi connectivity index (χ1v) is 5.00. The molecule has 0 aliphatic rings. The molecule has 1 atom stereocenters. The average Bonchev–Trinajstić information content (AvgIpc) is 2.35. The van der Waals surface area contributed by atoms with Gasteiger partial charge in [0.15, 0.2) is 18.7 Å². The third-order valence-electron chi connectivity index (χ3n) is 2.17. The van der Waals surface area contributed by atoms with E-state index in [2.05, 4.69) is 0 Å². The highest BCUT2D eigenvalue weighted by Gasteiger charge is 2.08. The molecule has 16 heavy (non-hydrogen) atoms. The summed E-state index contributed by atoms with van der Waals surface area (Å²) in [4.78, 5) is 21.3. The van der Waals surface area contributed by atoms with Crippen LogP contribution in [0.5, 0.6) is 11.5 Å². The van der Waals surface area contributed by atoms with Crippen molar-refractivity contribution in [1.29, 1.82) is 0 Å². The summed E-state index contributed by atoms with van der Waals surface area (Å²) < 4.78 is 10.4. The molecule has 0 fully saturated rings. The molecule has 1 aromatic carbocycles. The van der Waals surface area contributed by atoms with Gasteiger partial charge in [0.25, 0.3) is 0 Å². The molecule has 0 radical (unpaired) electrons. The molecule has 0 bridgehead atoms. The first kappa shape index (κ1) is 12.2. The Morgan fingerprint density at radius 1 is 1.38 bits per heavy atom. The van der Waals surface area contributed by atoms with E-state index in [1.807, 2.05) is 6.92 Å². The maximum Gasteiger partial charge on any atom is 0.160 e. The molecule has 0 heterocycles. The third-order valence-corrected chi connectivity index (χ3v) is 2.17. The average molecular weight is 222 g/mol. The van der Waals surface area contributed by atoms with E-state index in [1.54, 1.807) is 18.2 Å². The van der Waals surface area contributed by atoms with Crippen LogP contribution in [0.4, 0.5) is 0 Å². The van der Waals surface area contributed by atoms with Gasteiger partial charge in [-0.1, -0.05) is 6.92 Å². The zero-order valence-electron chi connectivity index (χ0n) is 9.30. The maximum atomic E-state index is 10.7. The highest BCUT2D eigenvalue weighted by Crippen LogP contribution is 2.24. The lowest BCUT2D eigenvalue weighted by atomic mass is 10.2. The van der Waals surface area contributed by atoms with Gasteiger partial charge in [-0.15, -0.1) is 0 Å². The van der Waals surface area contributed by atoms with Crippen LogP contribution in [0.1, 0.15) is 23.7 Å². The zero-order chi connectivity index (χ0) is 12.0. The minimum atomic E-state index is -0.466. The van der Waals surface area contributed by atoms with Gasteiger partial charge in [-0.25, -0.2) is 0 Å². The van der Waals surface area contributed by atoms with Gasteiger partial charge in [-0.05, 0) is 18.6 Å². The lowest BCUT2D eigenvalue weighted by Gasteiger charge is -2.12. The smallest absolute Gasteiger partial charge is 0.160 e. The van der Waals surface area contributed by atoms with Crippen LogP contribution in [0.15, 0.2) is 18.2 Å². The normalized spacial score (nSPS) is 11.6. The van der Waals surface area contributed by atoms with Crippen molar-refractivity contribution in [3.05, 3.63) is 23.8 Å². The van der Waals surface area contributed by atoms with Gasteiger partial charge in [0.05, 0.1) is 12.7 Å². The van der Waals surface area contributed by atoms with E-state index in [0.29, 0.717) is 29.8 Å². The molecule has 0 aromatic heterocycles. The topological polar surface area (TPSA) is 52.6 Å². The fourth-order valence-electron chi connectivity index (χ4n) is 1.24. The zero-order valence-corrected chi connectivity index (χ0v) is 9.30. The second kappa shape index (κ2) is 5.90. The minimum absolute atomic E-state index is 0.438. The van der Waals surface area contributed by atoms with Crippen LogP contribution in [-0.4, -0.2) is 25.8 Å². The summed E-state index contributed by atoms with van der Waals surface area (Å²) in [6.45, 7) is 1.86. The predicted molar refractivity (Wildman–Crippen MR) is 59.2 cm³/mol. The Balaban J connectivity index is 2.90. The Morgan fingerprint density at radius 2 is 2.12 bits per heavy atom. The fourth-order valence-corrected chi connectivity index (χ4v) is 1.24. The van der Waals surface area contributed by atoms with Gasteiger partial charge in [0.1, 0.15) is 11.5 Å². The van der Waals surface area contributed by atoms with E-state index < -0.39 is 6.10 Å². The van der Waals surface area contributed by atoms with Crippen molar-refractivity contribution in [1.82, 2.24) is 0 Å². The Bertz CT molecular complexity index is 373. The third kappa shape index (κ3) is 2.82. The van der Waals surface area contributed by atoms with Crippen molar-refractivity contribution in [3.8, 4) is 11.5 Å². The van der Waals surface area contributed by atoms with Crippen molar-refractivity contribution < 1.29 is 19.1 Å². The van der Waals surface area contributed by atoms with Crippen molar-refractivity contribution in [2.75, 3.05) is 7.11 Å². The molecule has 4 nitrogen and oxygen atoms in total. The quantitative estimate of drug-likeness (QED) is 0.689. The Hall–Kier alpha value is -1.84. The summed E-state index contributed by atoms with van der Waals surface area (Å²) in [7, 11) is 1.48. The Morgan fingerprint density at radius 3 is 2.62 bits per heavy atom. The Kier molecular flexibility index (Phi) is 4.51. The summed E-state index contributed by atoms with van der Waals surface area (Å²) in [6.07, 6.45) is 1.59. The van der Waals surface area contributed by atoms with Gasteiger partial charge in [-0.3, -0.25) is 9.59 Å². The van der Waals surface area contributed by atoms with Gasteiger partial charge < -0.3 is 9.47 Å². The summed E-state index contributed by atoms with van der Waals surface area (Å²) in [5, 5.41) is 0. The van der Waals surface area contributed by atoms with Gasteiger partial charge in [-0.2, -0.15) is 0 Å². The molecule has 1 rings (SSSR count). The minimum Gasteiger partial charge on any atom is -0.496 e. The first-order chi connectivity index (χ1) is 7.74. The van der Waals surface area contributed by atoms with E-state index >= 15 is 0 Å². The number of carbonyl (C=O) groups is 2. The SMILES string of the molecule is CCC(C=O)Oc1ccc(C=O)c(OC)c1. The standard InChI is InChI=1S/C12H14O4/c1-3-10(8-14)16-11-5-4-9(7-13)12(6-11)15-2/h4-8,10H,3H2,1-2H3. The maximum absolute atomic E-state index is 10.7. The van der Waals surface area contributed by atoms with E-state index in [-0.39, 0.29) is 0 Å². The van der Waals surface area contributed by atoms with Crippen LogP contribution in [0, 0.1) is 0 Å². The van der Waals surface area contributed by atoms with Crippen molar-refractivity contribution in [3.63, 3.8) is 0 Å². The number of methoxy groups -OCH3 is 1. The number of hydrogen-bond acceptors (Lipinski definition) is 4.